The highest BCUT2D eigenvalue weighted by Crippen LogP contribution is 2.42. The largest absolute Gasteiger partial charge is 0.416 e. The number of nitrogens with two attached hydrogens (primary N) is 1. The highest BCUT2D eigenvalue weighted by Gasteiger charge is 2.44. The van der Waals surface area contributed by atoms with Gasteiger partial charge in [0.2, 0.25) is 5.95 Å². The van der Waals surface area contributed by atoms with Crippen LogP contribution in [-0.2, 0) is 20.5 Å². The number of aryl methyl sites for hydroxylation is 1. The molecule has 3 rings (SSSR count). The number of amides is 1. The highest BCUT2D eigenvalue weighted by molar-refractivity contribution is 6.77. The first-order chi connectivity index (χ1) is 15.2. The lowest BCUT2D eigenvalue weighted by molar-refractivity contribution is -0.125. The molecule has 0 radical (unpaired) electrons. The molecular formula is C24H40N4O3Si. The number of morpholine rings is 1. The van der Waals surface area contributed by atoms with E-state index in [-0.39, 0.29) is 12.5 Å². The van der Waals surface area contributed by atoms with Crippen LogP contribution < -0.4 is 10.6 Å². The van der Waals surface area contributed by atoms with Crippen LogP contribution in [-0.4, -0.2) is 50.1 Å². The standard InChI is InChI=1S/C24H40N4O3Si/c1-17(2)32(18(3)4,19(5)6)31-13-8-7-11-28-22-10-9-20(15-21(22)26-24(28)25)27-12-14-30-16-23(27)29/h9-10,15,17-19H,7-8,11-14,16H2,1-6H3,(H2,25,26). The first kappa shape index (κ1) is 24.7. The number of ether oxygens (including phenoxy) is 1. The fraction of sp³-hybridized carbons (Fsp3) is 0.667. The summed E-state index contributed by atoms with van der Waals surface area (Å²) in [5.74, 6) is 0.494. The third-order valence-electron chi connectivity index (χ3n) is 6.89. The van der Waals surface area contributed by atoms with Crippen molar-refractivity contribution in [2.75, 3.05) is 37.0 Å². The van der Waals surface area contributed by atoms with E-state index in [1.807, 2.05) is 18.2 Å². The molecule has 32 heavy (non-hydrogen) atoms. The molecule has 0 aliphatic carbocycles. The Hall–Kier alpha value is -1.90. The van der Waals surface area contributed by atoms with Crippen LogP contribution in [0, 0.1) is 0 Å². The lowest BCUT2D eigenvalue weighted by atomic mass is 10.2. The number of aromatic nitrogens is 2. The predicted molar refractivity (Wildman–Crippen MR) is 134 cm³/mol. The molecule has 1 aliphatic heterocycles. The number of anilines is 2. The average molecular weight is 461 g/mol. The Morgan fingerprint density at radius 3 is 2.44 bits per heavy atom. The predicted octanol–water partition coefficient (Wildman–Crippen LogP) is 4.95. The van der Waals surface area contributed by atoms with E-state index in [0.717, 1.165) is 42.7 Å². The van der Waals surface area contributed by atoms with Crippen molar-refractivity contribution in [2.24, 2.45) is 0 Å². The van der Waals surface area contributed by atoms with E-state index >= 15 is 0 Å². The molecule has 1 amide bonds. The van der Waals surface area contributed by atoms with Crippen molar-refractivity contribution < 1.29 is 14.0 Å². The van der Waals surface area contributed by atoms with E-state index < -0.39 is 8.32 Å². The SMILES string of the molecule is CC(C)[Si](OCCCCn1c(N)nc2cc(N3CCOCC3=O)ccc21)(C(C)C)C(C)C. The topological polar surface area (TPSA) is 82.6 Å². The third-order valence-corrected chi connectivity index (χ3v) is 13.0. The first-order valence-electron chi connectivity index (χ1n) is 12.0. The molecule has 1 aliphatic rings. The van der Waals surface area contributed by atoms with Gasteiger partial charge in [0.1, 0.15) is 6.61 Å². The highest BCUT2D eigenvalue weighted by atomic mass is 28.4. The van der Waals surface area contributed by atoms with Gasteiger partial charge in [-0.25, -0.2) is 4.98 Å². The van der Waals surface area contributed by atoms with E-state index in [0.29, 0.717) is 35.7 Å². The molecule has 2 N–H and O–H groups in total. The second-order valence-corrected chi connectivity index (χ2v) is 15.2. The number of hydrogen-bond donors (Lipinski definition) is 1. The lowest BCUT2D eigenvalue weighted by Crippen LogP contribution is -2.47. The molecule has 1 fully saturated rings. The van der Waals surface area contributed by atoms with Crippen LogP contribution in [0.4, 0.5) is 11.6 Å². The zero-order valence-electron chi connectivity index (χ0n) is 20.6. The smallest absolute Gasteiger partial charge is 0.253 e. The van der Waals surface area contributed by atoms with Gasteiger partial charge in [-0.15, -0.1) is 0 Å². The average Bonchev–Trinajstić information content (AvgIpc) is 3.04. The molecule has 0 saturated carbocycles. The minimum atomic E-state index is -1.81. The summed E-state index contributed by atoms with van der Waals surface area (Å²) in [6.07, 6.45) is 1.98. The summed E-state index contributed by atoms with van der Waals surface area (Å²) in [4.78, 5) is 18.4. The molecule has 1 saturated heterocycles. The number of hydrogen-bond acceptors (Lipinski definition) is 5. The molecule has 1 aromatic heterocycles. The van der Waals surface area contributed by atoms with Crippen molar-refractivity contribution in [3.8, 4) is 0 Å². The van der Waals surface area contributed by atoms with Gasteiger partial charge in [-0.1, -0.05) is 41.5 Å². The zero-order chi connectivity index (χ0) is 23.5. The van der Waals surface area contributed by atoms with Crippen LogP contribution in [0.2, 0.25) is 16.6 Å². The van der Waals surface area contributed by atoms with Crippen LogP contribution in [0.1, 0.15) is 54.4 Å². The molecule has 178 valence electrons. The van der Waals surface area contributed by atoms with E-state index in [1.54, 1.807) is 4.90 Å². The minimum Gasteiger partial charge on any atom is -0.416 e. The normalized spacial score (nSPS) is 15.7. The summed E-state index contributed by atoms with van der Waals surface area (Å²) in [7, 11) is -1.81. The van der Waals surface area contributed by atoms with E-state index in [2.05, 4.69) is 51.1 Å². The van der Waals surface area contributed by atoms with Gasteiger partial charge in [0.05, 0.1) is 17.6 Å². The number of unbranched alkanes of at least 4 members (excludes halogenated alkanes) is 1. The van der Waals surface area contributed by atoms with Gasteiger partial charge >= 0.3 is 0 Å². The molecule has 0 bridgehead atoms. The lowest BCUT2D eigenvalue weighted by Gasteiger charge is -2.42. The van der Waals surface area contributed by atoms with Gasteiger partial charge < -0.3 is 24.4 Å². The Labute approximate surface area is 193 Å². The quantitative estimate of drug-likeness (QED) is 0.400. The van der Waals surface area contributed by atoms with Crippen molar-refractivity contribution >= 4 is 36.9 Å². The van der Waals surface area contributed by atoms with Gasteiger partial charge in [0, 0.05) is 25.4 Å². The zero-order valence-corrected chi connectivity index (χ0v) is 21.6. The van der Waals surface area contributed by atoms with Crippen molar-refractivity contribution in [2.45, 2.75) is 77.6 Å². The summed E-state index contributed by atoms with van der Waals surface area (Å²) in [6, 6.07) is 5.93. The Morgan fingerprint density at radius 2 is 1.81 bits per heavy atom. The molecule has 7 nitrogen and oxygen atoms in total. The number of benzene rings is 1. The van der Waals surface area contributed by atoms with Gasteiger partial charge in [0.25, 0.3) is 5.91 Å². The number of fused-ring (bicyclic) bond motifs is 1. The molecule has 0 unspecified atom stereocenters. The van der Waals surface area contributed by atoms with Crippen LogP contribution in [0.3, 0.4) is 0 Å². The summed E-state index contributed by atoms with van der Waals surface area (Å²) >= 11 is 0. The Balaban J connectivity index is 1.63. The summed E-state index contributed by atoms with van der Waals surface area (Å²) in [6.45, 7) is 16.8. The molecule has 1 aromatic carbocycles. The van der Waals surface area contributed by atoms with Gasteiger partial charge in [-0.3, -0.25) is 4.79 Å². The molecule has 0 spiro atoms. The molecule has 8 heteroatoms. The van der Waals surface area contributed by atoms with Crippen molar-refractivity contribution in [1.82, 2.24) is 9.55 Å². The number of nitrogens with zero attached hydrogens (tertiary/aromatic N) is 3. The number of rotatable bonds is 10. The van der Waals surface area contributed by atoms with Crippen molar-refractivity contribution in [3.63, 3.8) is 0 Å². The molecule has 0 atom stereocenters. The number of nitrogen functional groups attached to an aromatic ring is 1. The Morgan fingerprint density at radius 1 is 1.12 bits per heavy atom. The van der Waals surface area contributed by atoms with Crippen LogP contribution in [0.15, 0.2) is 18.2 Å². The number of carbonyl (C=O) groups excluding carboxylic acids is 1. The summed E-state index contributed by atoms with van der Waals surface area (Å²) in [5.41, 5.74) is 10.7. The molecular weight excluding hydrogens is 420 g/mol. The van der Waals surface area contributed by atoms with Gasteiger partial charge in [-0.05, 0) is 47.7 Å². The van der Waals surface area contributed by atoms with Crippen molar-refractivity contribution in [3.05, 3.63) is 18.2 Å². The Bertz CT molecular complexity index is 904. The second kappa shape index (κ2) is 10.4. The third kappa shape index (κ3) is 4.87. The second-order valence-electron chi connectivity index (χ2n) is 9.77. The Kier molecular flexibility index (Phi) is 8.00. The van der Waals surface area contributed by atoms with Crippen LogP contribution in [0.5, 0.6) is 0 Å². The fourth-order valence-corrected chi connectivity index (χ4v) is 10.9. The minimum absolute atomic E-state index is 0.0215. The van der Waals surface area contributed by atoms with Gasteiger partial charge in [0.15, 0.2) is 8.32 Å². The molecule has 2 heterocycles. The van der Waals surface area contributed by atoms with E-state index in [1.165, 1.54) is 0 Å². The maximum atomic E-state index is 12.1. The van der Waals surface area contributed by atoms with E-state index in [4.69, 9.17) is 14.9 Å². The number of imidazole rings is 1. The van der Waals surface area contributed by atoms with E-state index in [9.17, 15) is 4.79 Å². The molecule has 2 aromatic rings. The summed E-state index contributed by atoms with van der Waals surface area (Å²) < 4.78 is 14.0. The van der Waals surface area contributed by atoms with Crippen LogP contribution in [0.25, 0.3) is 11.0 Å². The monoisotopic (exact) mass is 460 g/mol. The first-order valence-corrected chi connectivity index (χ1v) is 14.1. The number of carbonyl (C=O) groups is 1. The van der Waals surface area contributed by atoms with Crippen molar-refractivity contribution in [1.29, 1.82) is 0 Å². The van der Waals surface area contributed by atoms with Crippen LogP contribution >= 0.6 is 0 Å². The van der Waals surface area contributed by atoms with Gasteiger partial charge in [-0.2, -0.15) is 0 Å². The fourth-order valence-electron chi connectivity index (χ4n) is 5.45. The summed E-state index contributed by atoms with van der Waals surface area (Å²) in [5, 5.41) is 0. The maximum absolute atomic E-state index is 12.1. The maximum Gasteiger partial charge on any atom is 0.253 e.